The van der Waals surface area contributed by atoms with Gasteiger partial charge in [0, 0.05) is 24.4 Å². The number of nitrogens with two attached hydrogens (primary N) is 1. The van der Waals surface area contributed by atoms with Crippen molar-refractivity contribution in [1.82, 2.24) is 5.32 Å². The molecule has 6 heteroatoms. The maximum Gasteiger partial charge on any atom is 0.254 e. The third-order valence-electron chi connectivity index (χ3n) is 3.40. The quantitative estimate of drug-likeness (QED) is 0.772. The van der Waals surface area contributed by atoms with Crippen LogP contribution in [0.25, 0.3) is 0 Å². The van der Waals surface area contributed by atoms with E-state index in [1.165, 1.54) is 4.88 Å². The molecule has 0 bridgehead atoms. The zero-order valence-corrected chi connectivity index (χ0v) is 12.6. The van der Waals surface area contributed by atoms with E-state index in [9.17, 15) is 9.59 Å². The van der Waals surface area contributed by atoms with E-state index in [2.05, 4.69) is 10.6 Å². The van der Waals surface area contributed by atoms with Crippen molar-refractivity contribution in [1.29, 1.82) is 0 Å². The lowest BCUT2D eigenvalue weighted by molar-refractivity contribution is -0.115. The summed E-state index contributed by atoms with van der Waals surface area (Å²) in [4.78, 5) is 25.2. The first kappa shape index (κ1) is 15.0. The number of rotatable bonds is 5. The third kappa shape index (κ3) is 3.19. The second-order valence-corrected chi connectivity index (χ2v) is 5.97. The Kier molecular flexibility index (Phi) is 5.14. The molecule has 1 aromatic heterocycles. The van der Waals surface area contributed by atoms with Gasteiger partial charge in [-0.25, -0.2) is 0 Å². The summed E-state index contributed by atoms with van der Waals surface area (Å²) >= 11 is 1.54. The average Bonchev–Trinajstić information content (AvgIpc) is 2.82. The van der Waals surface area contributed by atoms with Gasteiger partial charge in [0.05, 0.1) is 5.56 Å². The van der Waals surface area contributed by atoms with Crippen LogP contribution in [0.3, 0.4) is 0 Å². The van der Waals surface area contributed by atoms with Crippen LogP contribution in [0.5, 0.6) is 0 Å². The number of hydrogen-bond acceptors (Lipinski definition) is 4. The van der Waals surface area contributed by atoms with Crippen LogP contribution in [-0.4, -0.2) is 24.9 Å². The van der Waals surface area contributed by atoms with Crippen molar-refractivity contribution in [3.8, 4) is 0 Å². The number of hydrogen-bond donors (Lipinski definition) is 3. The number of fused-ring (bicyclic) bond motifs is 1. The molecule has 0 fully saturated rings. The second-order valence-electron chi connectivity index (χ2n) is 4.86. The second kappa shape index (κ2) is 6.85. The highest BCUT2D eigenvalue weighted by atomic mass is 32.1. The van der Waals surface area contributed by atoms with Crippen molar-refractivity contribution < 1.29 is 9.59 Å². The molecule has 4 N–H and O–H groups in total. The minimum Gasteiger partial charge on any atom is -0.351 e. The van der Waals surface area contributed by atoms with Crippen LogP contribution in [0.4, 0.5) is 5.00 Å². The zero-order chi connectivity index (χ0) is 14.5. The van der Waals surface area contributed by atoms with Crippen LogP contribution in [0, 0.1) is 0 Å². The lowest BCUT2D eigenvalue weighted by Crippen LogP contribution is -2.30. The molecule has 0 spiro atoms. The molecule has 0 unspecified atom stereocenters. The summed E-state index contributed by atoms with van der Waals surface area (Å²) < 4.78 is 0. The summed E-state index contributed by atoms with van der Waals surface area (Å²) in [6, 6.07) is 0. The van der Waals surface area contributed by atoms with Crippen LogP contribution in [0.15, 0.2) is 0 Å². The molecule has 110 valence electrons. The Morgan fingerprint density at radius 3 is 2.75 bits per heavy atom. The average molecular weight is 295 g/mol. The predicted molar refractivity (Wildman–Crippen MR) is 81.3 cm³/mol. The molecular formula is C14H21N3O2S. The topological polar surface area (TPSA) is 84.2 Å². The Labute approximate surface area is 122 Å². The minimum atomic E-state index is -0.124. The number of aryl methyl sites for hydroxylation is 1. The normalized spacial score (nSPS) is 13.7. The first-order valence-electron chi connectivity index (χ1n) is 7.10. The Balaban J connectivity index is 2.31. The van der Waals surface area contributed by atoms with Crippen molar-refractivity contribution in [3.63, 3.8) is 0 Å². The van der Waals surface area contributed by atoms with Gasteiger partial charge in [-0.15, -0.1) is 11.3 Å². The first-order chi connectivity index (χ1) is 9.67. The Hall–Kier alpha value is -1.40. The summed E-state index contributed by atoms with van der Waals surface area (Å²) in [5, 5.41) is 6.36. The van der Waals surface area contributed by atoms with Gasteiger partial charge >= 0.3 is 0 Å². The molecule has 0 atom stereocenters. The van der Waals surface area contributed by atoms with Gasteiger partial charge in [0.25, 0.3) is 5.91 Å². The number of thiophene rings is 1. The standard InChI is InChI=1S/C14H21N3O2S/c1-2-11(18)17-14-12(13(19)16-8-7-15)9-5-3-4-6-10(9)20-14/h2-8,15H2,1H3,(H,16,19)(H,17,18). The maximum atomic E-state index is 12.3. The van der Waals surface area contributed by atoms with Gasteiger partial charge < -0.3 is 16.4 Å². The van der Waals surface area contributed by atoms with Crippen LogP contribution >= 0.6 is 11.3 Å². The lowest BCUT2D eigenvalue weighted by Gasteiger charge is -2.13. The van der Waals surface area contributed by atoms with Crippen LogP contribution in [0.1, 0.15) is 47.0 Å². The maximum absolute atomic E-state index is 12.3. The largest absolute Gasteiger partial charge is 0.351 e. The number of anilines is 1. The van der Waals surface area contributed by atoms with Crippen molar-refractivity contribution in [3.05, 3.63) is 16.0 Å². The van der Waals surface area contributed by atoms with Gasteiger partial charge in [-0.2, -0.15) is 0 Å². The van der Waals surface area contributed by atoms with Gasteiger partial charge in [-0.1, -0.05) is 6.92 Å². The molecule has 1 heterocycles. The molecule has 0 aromatic carbocycles. The van der Waals surface area contributed by atoms with E-state index in [0.717, 1.165) is 31.2 Å². The highest BCUT2D eigenvalue weighted by Gasteiger charge is 2.25. The molecule has 0 radical (unpaired) electrons. The fourth-order valence-electron chi connectivity index (χ4n) is 2.38. The van der Waals surface area contributed by atoms with Crippen molar-refractivity contribution in [2.24, 2.45) is 5.73 Å². The van der Waals surface area contributed by atoms with Crippen molar-refractivity contribution >= 4 is 28.2 Å². The van der Waals surface area contributed by atoms with Crippen LogP contribution in [-0.2, 0) is 17.6 Å². The van der Waals surface area contributed by atoms with Crippen molar-refractivity contribution in [2.75, 3.05) is 18.4 Å². The lowest BCUT2D eigenvalue weighted by atomic mass is 9.95. The smallest absolute Gasteiger partial charge is 0.254 e. The van der Waals surface area contributed by atoms with E-state index in [1.807, 2.05) is 0 Å². The van der Waals surface area contributed by atoms with Crippen molar-refractivity contribution in [2.45, 2.75) is 39.0 Å². The van der Waals surface area contributed by atoms with E-state index in [0.29, 0.717) is 30.1 Å². The number of amides is 2. The van der Waals surface area contributed by atoms with E-state index in [1.54, 1.807) is 18.3 Å². The molecule has 0 saturated heterocycles. The summed E-state index contributed by atoms with van der Waals surface area (Å²) in [6.07, 6.45) is 4.57. The van der Waals surface area contributed by atoms with E-state index in [-0.39, 0.29) is 11.8 Å². The summed E-state index contributed by atoms with van der Waals surface area (Å²) in [6.45, 7) is 2.66. The van der Waals surface area contributed by atoms with Crippen LogP contribution < -0.4 is 16.4 Å². The molecule has 5 nitrogen and oxygen atoms in total. The van der Waals surface area contributed by atoms with E-state index >= 15 is 0 Å². The fraction of sp³-hybridized carbons (Fsp3) is 0.571. The molecule has 1 aromatic rings. The Morgan fingerprint density at radius 1 is 1.30 bits per heavy atom. The minimum absolute atomic E-state index is 0.0588. The molecule has 1 aliphatic rings. The Morgan fingerprint density at radius 2 is 2.05 bits per heavy atom. The molecule has 1 aliphatic carbocycles. The molecular weight excluding hydrogens is 274 g/mol. The summed E-state index contributed by atoms with van der Waals surface area (Å²) in [5.74, 6) is -0.183. The number of nitrogens with one attached hydrogen (secondary N) is 2. The summed E-state index contributed by atoms with van der Waals surface area (Å²) in [7, 11) is 0. The van der Waals surface area contributed by atoms with Crippen LogP contribution in [0.2, 0.25) is 0 Å². The monoisotopic (exact) mass is 295 g/mol. The van der Waals surface area contributed by atoms with E-state index < -0.39 is 0 Å². The molecule has 0 aliphatic heterocycles. The number of carbonyl (C=O) groups excluding carboxylic acids is 2. The summed E-state index contributed by atoms with van der Waals surface area (Å²) in [5.41, 5.74) is 7.19. The van der Waals surface area contributed by atoms with Gasteiger partial charge in [0.2, 0.25) is 5.91 Å². The fourth-order valence-corrected chi connectivity index (χ4v) is 3.69. The molecule has 20 heavy (non-hydrogen) atoms. The van der Waals surface area contributed by atoms with Gasteiger partial charge in [0.15, 0.2) is 0 Å². The van der Waals surface area contributed by atoms with Gasteiger partial charge in [-0.05, 0) is 31.2 Å². The highest BCUT2D eigenvalue weighted by Crippen LogP contribution is 2.38. The van der Waals surface area contributed by atoms with E-state index in [4.69, 9.17) is 5.73 Å². The molecule has 2 amide bonds. The van der Waals surface area contributed by atoms with Gasteiger partial charge in [-0.3, -0.25) is 9.59 Å². The SMILES string of the molecule is CCC(=O)Nc1sc2c(c1C(=O)NCCN)CCCC2. The molecule has 2 rings (SSSR count). The predicted octanol–water partition coefficient (Wildman–Crippen LogP) is 1.66. The zero-order valence-electron chi connectivity index (χ0n) is 11.8. The number of carbonyl (C=O) groups is 2. The Bertz CT molecular complexity index is 511. The molecule has 0 saturated carbocycles. The van der Waals surface area contributed by atoms with Gasteiger partial charge in [0.1, 0.15) is 5.00 Å². The first-order valence-corrected chi connectivity index (χ1v) is 7.91. The third-order valence-corrected chi connectivity index (χ3v) is 4.61. The highest BCUT2D eigenvalue weighted by molar-refractivity contribution is 7.17.